The van der Waals surface area contributed by atoms with Crippen LogP contribution in [0.5, 0.6) is 0 Å². The number of ether oxygens (including phenoxy) is 2. The molecule has 0 aromatic heterocycles. The molecule has 4 nitrogen and oxygen atoms in total. The van der Waals surface area contributed by atoms with Crippen LogP contribution in [0.25, 0.3) is 0 Å². The molecule has 3 atom stereocenters. The Bertz CT molecular complexity index is 84.1. The molecule has 1 aliphatic rings. The molecular formula is C4H8O4. The number of aliphatic hydroxyl groups is 2. The predicted octanol–water partition coefficient (Wildman–Crippen LogP) is -1.33. The lowest BCUT2D eigenvalue weighted by Gasteiger charge is -2.36. The highest BCUT2D eigenvalue weighted by atomic mass is 16.8. The Morgan fingerprint density at radius 3 is 2.25 bits per heavy atom. The summed E-state index contributed by atoms with van der Waals surface area (Å²) in [6.07, 6.45) is -2.56. The van der Waals surface area contributed by atoms with E-state index in [1.807, 2.05) is 0 Å². The van der Waals surface area contributed by atoms with Gasteiger partial charge in [-0.1, -0.05) is 0 Å². The highest BCUT2D eigenvalue weighted by Gasteiger charge is 2.39. The molecule has 1 saturated heterocycles. The maximum atomic E-state index is 8.68. The van der Waals surface area contributed by atoms with Crippen LogP contribution in [0.15, 0.2) is 0 Å². The van der Waals surface area contributed by atoms with E-state index in [1.165, 1.54) is 7.11 Å². The molecule has 0 radical (unpaired) electrons. The minimum atomic E-state index is -1.06. The fraction of sp³-hybridized carbons (Fsp3) is 1.00. The first-order valence-corrected chi connectivity index (χ1v) is 2.30. The molecule has 0 spiro atoms. The van der Waals surface area contributed by atoms with Crippen molar-refractivity contribution in [1.82, 2.24) is 0 Å². The zero-order chi connectivity index (χ0) is 6.15. The highest BCUT2D eigenvalue weighted by molar-refractivity contribution is 4.72. The number of methoxy groups -OCH3 is 1. The van der Waals surface area contributed by atoms with Crippen LogP contribution in [0, 0.1) is 0 Å². The van der Waals surface area contributed by atoms with E-state index in [4.69, 9.17) is 10.2 Å². The Morgan fingerprint density at radius 1 is 1.50 bits per heavy atom. The molecule has 0 aromatic rings. The summed E-state index contributed by atoms with van der Waals surface area (Å²) in [6.45, 7) is 0. The van der Waals surface area contributed by atoms with Crippen molar-refractivity contribution in [3.8, 4) is 0 Å². The van der Waals surface area contributed by atoms with Crippen molar-refractivity contribution in [2.24, 2.45) is 0 Å². The van der Waals surface area contributed by atoms with Crippen LogP contribution < -0.4 is 0 Å². The van der Waals surface area contributed by atoms with Gasteiger partial charge in [0.05, 0.1) is 0 Å². The molecule has 0 amide bonds. The molecule has 1 heterocycles. The maximum Gasteiger partial charge on any atom is 0.191 e. The molecule has 0 bridgehead atoms. The predicted molar refractivity (Wildman–Crippen MR) is 23.9 cm³/mol. The topological polar surface area (TPSA) is 58.9 Å². The van der Waals surface area contributed by atoms with Crippen molar-refractivity contribution in [3.05, 3.63) is 0 Å². The van der Waals surface area contributed by atoms with Crippen molar-refractivity contribution in [2.75, 3.05) is 7.11 Å². The number of hydrogen-bond acceptors (Lipinski definition) is 4. The van der Waals surface area contributed by atoms with E-state index in [9.17, 15) is 0 Å². The van der Waals surface area contributed by atoms with E-state index in [0.717, 1.165) is 0 Å². The average Bonchev–Trinajstić information content (AvgIpc) is 1.81. The summed E-state index contributed by atoms with van der Waals surface area (Å²) in [4.78, 5) is 0. The second kappa shape index (κ2) is 1.99. The zero-order valence-electron chi connectivity index (χ0n) is 4.44. The highest BCUT2D eigenvalue weighted by Crippen LogP contribution is 2.18. The lowest BCUT2D eigenvalue weighted by Crippen LogP contribution is -2.54. The van der Waals surface area contributed by atoms with Crippen LogP contribution in [0.3, 0.4) is 0 Å². The van der Waals surface area contributed by atoms with Crippen LogP contribution >= 0.6 is 0 Å². The first-order valence-electron chi connectivity index (χ1n) is 2.30. The van der Waals surface area contributed by atoms with Gasteiger partial charge in [0.2, 0.25) is 0 Å². The van der Waals surface area contributed by atoms with Crippen LogP contribution in [0.1, 0.15) is 0 Å². The van der Waals surface area contributed by atoms with Gasteiger partial charge in [-0.05, 0) is 0 Å². The standard InChI is InChI=1S/C4H8O4/c1-7-4-2(5)3(6)8-4/h2-6H,1H3. The Hall–Kier alpha value is -0.160. The monoisotopic (exact) mass is 120 g/mol. The zero-order valence-corrected chi connectivity index (χ0v) is 4.44. The van der Waals surface area contributed by atoms with Crippen molar-refractivity contribution >= 4 is 0 Å². The van der Waals surface area contributed by atoms with Crippen molar-refractivity contribution in [2.45, 2.75) is 18.7 Å². The van der Waals surface area contributed by atoms with Crippen molar-refractivity contribution < 1.29 is 19.7 Å². The molecule has 48 valence electrons. The third kappa shape index (κ3) is 0.714. The summed E-state index contributed by atoms with van der Waals surface area (Å²) in [5.41, 5.74) is 0. The van der Waals surface area contributed by atoms with Crippen LogP contribution in [0.2, 0.25) is 0 Å². The molecule has 0 aliphatic carbocycles. The summed E-state index contributed by atoms with van der Waals surface area (Å²) in [6, 6.07) is 0. The second-order valence-corrected chi connectivity index (χ2v) is 1.62. The van der Waals surface area contributed by atoms with Gasteiger partial charge in [0.15, 0.2) is 18.7 Å². The Labute approximate surface area is 46.6 Å². The van der Waals surface area contributed by atoms with E-state index in [-0.39, 0.29) is 0 Å². The molecule has 2 N–H and O–H groups in total. The van der Waals surface area contributed by atoms with Crippen LogP contribution in [-0.4, -0.2) is 36.0 Å². The van der Waals surface area contributed by atoms with Crippen molar-refractivity contribution in [3.63, 3.8) is 0 Å². The van der Waals surface area contributed by atoms with Crippen molar-refractivity contribution in [1.29, 1.82) is 0 Å². The number of hydrogen-bond donors (Lipinski definition) is 2. The van der Waals surface area contributed by atoms with Crippen LogP contribution in [-0.2, 0) is 9.47 Å². The van der Waals surface area contributed by atoms with Gasteiger partial charge in [-0.15, -0.1) is 0 Å². The summed E-state index contributed by atoms with van der Waals surface area (Å²) in [5, 5.41) is 17.1. The first-order chi connectivity index (χ1) is 3.75. The lowest BCUT2D eigenvalue weighted by atomic mass is 10.2. The largest absolute Gasteiger partial charge is 0.382 e. The molecule has 8 heavy (non-hydrogen) atoms. The van der Waals surface area contributed by atoms with Gasteiger partial charge >= 0.3 is 0 Å². The van der Waals surface area contributed by atoms with Gasteiger partial charge in [-0.3, -0.25) is 0 Å². The smallest absolute Gasteiger partial charge is 0.191 e. The SMILES string of the molecule is COC1OC(O)C1O. The Kier molecular flexibility index (Phi) is 1.48. The first kappa shape index (κ1) is 5.97. The molecule has 3 unspecified atom stereocenters. The lowest BCUT2D eigenvalue weighted by molar-refractivity contribution is -0.374. The van der Waals surface area contributed by atoms with E-state index in [2.05, 4.69) is 9.47 Å². The van der Waals surface area contributed by atoms with Crippen LogP contribution in [0.4, 0.5) is 0 Å². The number of aliphatic hydroxyl groups excluding tert-OH is 2. The third-order valence-corrected chi connectivity index (χ3v) is 1.08. The average molecular weight is 120 g/mol. The van der Waals surface area contributed by atoms with E-state index < -0.39 is 18.7 Å². The van der Waals surface area contributed by atoms with Gasteiger partial charge in [0.25, 0.3) is 0 Å². The molecule has 1 fully saturated rings. The third-order valence-electron chi connectivity index (χ3n) is 1.08. The van der Waals surface area contributed by atoms with E-state index in [1.54, 1.807) is 0 Å². The molecular weight excluding hydrogens is 112 g/mol. The van der Waals surface area contributed by atoms with Gasteiger partial charge < -0.3 is 19.7 Å². The minimum absolute atomic E-state index is 0.634. The fourth-order valence-corrected chi connectivity index (χ4v) is 0.538. The Morgan fingerprint density at radius 2 is 2.12 bits per heavy atom. The van der Waals surface area contributed by atoms with Gasteiger partial charge in [0, 0.05) is 7.11 Å². The molecule has 4 heteroatoms. The van der Waals surface area contributed by atoms with Gasteiger partial charge in [-0.2, -0.15) is 0 Å². The summed E-state index contributed by atoms with van der Waals surface area (Å²) in [7, 11) is 1.40. The second-order valence-electron chi connectivity index (χ2n) is 1.62. The summed E-state index contributed by atoms with van der Waals surface area (Å²) >= 11 is 0. The minimum Gasteiger partial charge on any atom is -0.382 e. The fourth-order valence-electron chi connectivity index (χ4n) is 0.538. The van der Waals surface area contributed by atoms with E-state index >= 15 is 0 Å². The molecule has 0 saturated carbocycles. The normalized spacial score (nSPS) is 46.1. The molecule has 1 aliphatic heterocycles. The Balaban J connectivity index is 2.25. The molecule has 0 aromatic carbocycles. The molecule has 1 rings (SSSR count). The summed E-state index contributed by atoms with van der Waals surface area (Å²) in [5.74, 6) is 0. The summed E-state index contributed by atoms with van der Waals surface area (Å²) < 4.78 is 9.02. The number of rotatable bonds is 1. The van der Waals surface area contributed by atoms with Gasteiger partial charge in [-0.25, -0.2) is 0 Å². The maximum absolute atomic E-state index is 8.68. The van der Waals surface area contributed by atoms with Gasteiger partial charge in [0.1, 0.15) is 0 Å². The van der Waals surface area contributed by atoms with E-state index in [0.29, 0.717) is 0 Å². The quantitative estimate of drug-likeness (QED) is 0.450.